The summed E-state index contributed by atoms with van der Waals surface area (Å²) >= 11 is 0. The van der Waals surface area contributed by atoms with Gasteiger partial charge < -0.3 is 15.2 Å². The smallest absolute Gasteiger partial charge is 0.273 e. The highest BCUT2D eigenvalue weighted by Gasteiger charge is 2.43. The van der Waals surface area contributed by atoms with Gasteiger partial charge in [-0.1, -0.05) is 90.1 Å². The van der Waals surface area contributed by atoms with E-state index in [1.54, 1.807) is 36.4 Å². The van der Waals surface area contributed by atoms with Gasteiger partial charge >= 0.3 is 0 Å². The number of rotatable bonds is 12. The van der Waals surface area contributed by atoms with Crippen LogP contribution in [-0.2, 0) is 20.9 Å². The Morgan fingerprint density at radius 2 is 1.53 bits per heavy atom. The summed E-state index contributed by atoms with van der Waals surface area (Å²) < 4.78 is 33.9. The van der Waals surface area contributed by atoms with E-state index in [-0.39, 0.29) is 43.7 Å². The van der Waals surface area contributed by atoms with Crippen molar-refractivity contribution in [1.82, 2.24) is 5.32 Å². The third-order valence-corrected chi connectivity index (χ3v) is 11.4. The molecule has 0 unspecified atom stereocenters. The lowest BCUT2D eigenvalue weighted by Crippen LogP contribution is -2.31. The zero-order valence-electron chi connectivity index (χ0n) is 28.0. The van der Waals surface area contributed by atoms with Crippen molar-refractivity contribution < 1.29 is 27.9 Å². The first-order valence-electron chi connectivity index (χ1n) is 16.2. The standard InChI is InChI=1S/C38H44N2O6S/c1-7-37(3,4)25-19-20-32(30(23-25)38(5,6)8-2)46-22-14-13-21-39-35(42)29-24-31(26-15-9-10-16-27(26)34(29)41)40-36(43)28-17-11-12-18-33(28)47(40,44)45/h9-12,15-20,23-24,41H,7-8,13-14,21-22H2,1-6H3,(H,39,42). The van der Waals surface area contributed by atoms with Crippen LogP contribution >= 0.6 is 0 Å². The molecule has 0 aliphatic carbocycles. The number of nitrogens with zero attached hydrogens (tertiary/aromatic N) is 1. The summed E-state index contributed by atoms with van der Waals surface area (Å²) in [5.41, 5.74) is 2.46. The molecule has 1 heterocycles. The van der Waals surface area contributed by atoms with Crippen molar-refractivity contribution in [3.8, 4) is 11.5 Å². The molecule has 8 nitrogen and oxygen atoms in total. The number of benzene rings is 4. The minimum Gasteiger partial charge on any atom is -0.506 e. The lowest BCUT2D eigenvalue weighted by atomic mass is 9.76. The number of amides is 2. The fourth-order valence-corrected chi connectivity index (χ4v) is 7.42. The van der Waals surface area contributed by atoms with Crippen LogP contribution in [0.15, 0.2) is 77.7 Å². The zero-order valence-corrected chi connectivity index (χ0v) is 28.8. The van der Waals surface area contributed by atoms with E-state index < -0.39 is 21.8 Å². The fourth-order valence-electron chi connectivity index (χ4n) is 5.81. The molecule has 0 fully saturated rings. The van der Waals surface area contributed by atoms with Crippen LogP contribution in [0.5, 0.6) is 11.5 Å². The number of fused-ring (bicyclic) bond motifs is 2. The molecule has 0 spiro atoms. The number of phenols is 1. The van der Waals surface area contributed by atoms with E-state index in [9.17, 15) is 23.1 Å². The summed E-state index contributed by atoms with van der Waals surface area (Å²) in [5, 5.41) is 14.5. The molecule has 0 saturated heterocycles. The van der Waals surface area contributed by atoms with Crippen LogP contribution in [0, 0.1) is 0 Å². The zero-order chi connectivity index (χ0) is 34.1. The van der Waals surface area contributed by atoms with Crippen LogP contribution < -0.4 is 14.4 Å². The van der Waals surface area contributed by atoms with Gasteiger partial charge in [0.05, 0.1) is 23.4 Å². The van der Waals surface area contributed by atoms with E-state index >= 15 is 0 Å². The van der Waals surface area contributed by atoms with E-state index in [1.165, 1.54) is 29.3 Å². The number of sulfonamides is 1. The maximum absolute atomic E-state index is 13.5. The van der Waals surface area contributed by atoms with Crippen molar-refractivity contribution in [2.75, 3.05) is 17.5 Å². The number of ether oxygens (including phenoxy) is 1. The molecule has 0 bridgehead atoms. The Morgan fingerprint density at radius 1 is 0.872 bits per heavy atom. The Hall–Kier alpha value is -4.37. The van der Waals surface area contributed by atoms with E-state index in [0.717, 1.165) is 22.9 Å². The first-order valence-corrected chi connectivity index (χ1v) is 17.7. The fraction of sp³-hybridized carbons (Fsp3) is 0.368. The van der Waals surface area contributed by atoms with Crippen molar-refractivity contribution in [2.24, 2.45) is 0 Å². The van der Waals surface area contributed by atoms with Crippen LogP contribution in [0.25, 0.3) is 10.8 Å². The van der Waals surface area contributed by atoms with Crippen LogP contribution in [0.1, 0.15) is 99.1 Å². The summed E-state index contributed by atoms with van der Waals surface area (Å²) in [6.07, 6.45) is 3.31. The highest BCUT2D eigenvalue weighted by Crippen LogP contribution is 2.42. The lowest BCUT2D eigenvalue weighted by molar-refractivity contribution is 0.0948. The molecule has 0 aromatic heterocycles. The normalized spacial score (nSPS) is 14.3. The average Bonchev–Trinajstić information content (AvgIpc) is 3.27. The second kappa shape index (κ2) is 13.0. The van der Waals surface area contributed by atoms with Crippen molar-refractivity contribution in [1.29, 1.82) is 0 Å². The highest BCUT2D eigenvalue weighted by atomic mass is 32.2. The summed E-state index contributed by atoms with van der Waals surface area (Å²) in [6, 6.07) is 20.3. The first kappa shape index (κ1) is 34.0. The molecule has 5 rings (SSSR count). The molecule has 1 aliphatic heterocycles. The Kier molecular flexibility index (Phi) is 9.42. The number of nitrogens with one attached hydrogen (secondary N) is 1. The Labute approximate surface area is 277 Å². The first-order chi connectivity index (χ1) is 22.2. The molecule has 1 aliphatic rings. The van der Waals surface area contributed by atoms with Gasteiger partial charge in [0, 0.05) is 22.9 Å². The van der Waals surface area contributed by atoms with Crippen LogP contribution in [-0.4, -0.2) is 38.5 Å². The number of carbonyl (C=O) groups is 2. The maximum atomic E-state index is 13.5. The molecule has 0 atom stereocenters. The largest absolute Gasteiger partial charge is 0.506 e. The SMILES string of the molecule is CCC(C)(C)c1ccc(OCCCCNC(=O)c2cc(N3C(=O)c4ccccc4S3(=O)=O)c3ccccc3c2O)c(C(C)(C)CC)c1. The van der Waals surface area contributed by atoms with Crippen LogP contribution in [0.2, 0.25) is 0 Å². The van der Waals surface area contributed by atoms with Gasteiger partial charge in [0.15, 0.2) is 0 Å². The number of phenolic OH excluding ortho intramolecular Hbond substituents is 1. The van der Waals surface area contributed by atoms with E-state index in [2.05, 4.69) is 65.1 Å². The van der Waals surface area contributed by atoms with Gasteiger partial charge in [-0.05, 0) is 66.3 Å². The second-order valence-corrected chi connectivity index (χ2v) is 15.2. The molecule has 2 amide bonds. The van der Waals surface area contributed by atoms with E-state index in [0.29, 0.717) is 31.4 Å². The number of hydrogen-bond donors (Lipinski definition) is 2. The molecule has 9 heteroatoms. The predicted molar refractivity (Wildman–Crippen MR) is 186 cm³/mol. The molecule has 0 radical (unpaired) electrons. The van der Waals surface area contributed by atoms with Crippen molar-refractivity contribution in [3.63, 3.8) is 0 Å². The molecule has 248 valence electrons. The molecular formula is C38H44N2O6S. The Bertz CT molecular complexity index is 1950. The van der Waals surface area contributed by atoms with E-state index in [4.69, 9.17) is 4.74 Å². The van der Waals surface area contributed by atoms with E-state index in [1.807, 2.05) is 0 Å². The van der Waals surface area contributed by atoms with Gasteiger partial charge in [-0.3, -0.25) is 9.59 Å². The topological polar surface area (TPSA) is 113 Å². The third kappa shape index (κ3) is 6.33. The monoisotopic (exact) mass is 656 g/mol. The molecule has 4 aromatic carbocycles. The second-order valence-electron chi connectivity index (χ2n) is 13.4. The highest BCUT2D eigenvalue weighted by molar-refractivity contribution is 7.94. The quantitative estimate of drug-likeness (QED) is 0.150. The van der Waals surface area contributed by atoms with Crippen LogP contribution in [0.3, 0.4) is 0 Å². The van der Waals surface area contributed by atoms with Crippen molar-refractivity contribution in [3.05, 3.63) is 95.1 Å². The van der Waals surface area contributed by atoms with Gasteiger partial charge in [0.25, 0.3) is 21.8 Å². The molecular weight excluding hydrogens is 612 g/mol. The number of anilines is 1. The number of hydrogen-bond acceptors (Lipinski definition) is 6. The summed E-state index contributed by atoms with van der Waals surface area (Å²) in [5.74, 6) is -0.693. The predicted octanol–water partition coefficient (Wildman–Crippen LogP) is 7.86. The summed E-state index contributed by atoms with van der Waals surface area (Å²) in [4.78, 5) is 26.6. The van der Waals surface area contributed by atoms with Gasteiger partial charge in [-0.25, -0.2) is 8.42 Å². The Balaban J connectivity index is 1.29. The summed E-state index contributed by atoms with van der Waals surface area (Å²) in [6.45, 7) is 14.1. The van der Waals surface area contributed by atoms with Crippen molar-refractivity contribution >= 4 is 38.3 Å². The Morgan fingerprint density at radius 3 is 2.21 bits per heavy atom. The number of unbranched alkanes of at least 4 members (excludes halogenated alkanes) is 1. The number of aromatic hydroxyl groups is 1. The van der Waals surface area contributed by atoms with Gasteiger partial charge in [0.1, 0.15) is 16.4 Å². The molecule has 2 N–H and O–H groups in total. The maximum Gasteiger partial charge on any atom is 0.273 e. The minimum absolute atomic E-state index is 0.0114. The number of carbonyl (C=O) groups excluding carboxylic acids is 2. The van der Waals surface area contributed by atoms with Gasteiger partial charge in [-0.15, -0.1) is 0 Å². The minimum atomic E-state index is -4.21. The van der Waals surface area contributed by atoms with Gasteiger partial charge in [-0.2, -0.15) is 4.31 Å². The average molecular weight is 657 g/mol. The van der Waals surface area contributed by atoms with Gasteiger partial charge in [0.2, 0.25) is 0 Å². The lowest BCUT2D eigenvalue weighted by Gasteiger charge is -2.30. The third-order valence-electron chi connectivity index (χ3n) is 9.65. The van der Waals surface area contributed by atoms with Crippen LogP contribution in [0.4, 0.5) is 5.69 Å². The molecule has 4 aromatic rings. The summed E-state index contributed by atoms with van der Waals surface area (Å²) in [7, 11) is -4.21. The molecule has 47 heavy (non-hydrogen) atoms. The molecule has 0 saturated carbocycles. The van der Waals surface area contributed by atoms with Crippen molar-refractivity contribution in [2.45, 2.75) is 83.0 Å².